The highest BCUT2D eigenvalue weighted by molar-refractivity contribution is 5.88. The summed E-state index contributed by atoms with van der Waals surface area (Å²) in [6.45, 7) is 1.32. The summed E-state index contributed by atoms with van der Waals surface area (Å²) < 4.78 is 5.05. The van der Waals surface area contributed by atoms with Gasteiger partial charge in [-0.1, -0.05) is 30.3 Å². The van der Waals surface area contributed by atoms with Crippen LogP contribution in [0, 0.1) is 0 Å². The zero-order valence-corrected chi connectivity index (χ0v) is 14.5. The van der Waals surface area contributed by atoms with Crippen molar-refractivity contribution >= 4 is 11.8 Å². The van der Waals surface area contributed by atoms with Gasteiger partial charge in [0.05, 0.1) is 24.4 Å². The van der Waals surface area contributed by atoms with E-state index in [1.165, 1.54) is 11.9 Å². The van der Waals surface area contributed by atoms with E-state index in [4.69, 9.17) is 4.74 Å². The molecule has 2 atom stereocenters. The highest BCUT2D eigenvalue weighted by atomic mass is 16.5. The molecule has 0 radical (unpaired) electrons. The van der Waals surface area contributed by atoms with Gasteiger partial charge in [0.25, 0.3) is 0 Å². The second-order valence-electron chi connectivity index (χ2n) is 6.16. The summed E-state index contributed by atoms with van der Waals surface area (Å²) in [4.78, 5) is 22.8. The van der Waals surface area contributed by atoms with Crippen molar-refractivity contribution in [1.82, 2.24) is 20.2 Å². The lowest BCUT2D eigenvalue weighted by atomic mass is 10.0. The van der Waals surface area contributed by atoms with Gasteiger partial charge in [-0.2, -0.15) is 0 Å². The lowest BCUT2D eigenvalue weighted by Crippen LogP contribution is -2.41. The number of aromatic nitrogens is 2. The molecule has 2 N–H and O–H groups in total. The second-order valence-corrected chi connectivity index (χ2v) is 6.16. The van der Waals surface area contributed by atoms with E-state index in [0.717, 1.165) is 18.7 Å². The summed E-state index contributed by atoms with van der Waals surface area (Å²) in [5.41, 5.74) is 1.92. The Morgan fingerprint density at radius 3 is 2.88 bits per heavy atom. The van der Waals surface area contributed by atoms with Crippen LogP contribution in [-0.2, 0) is 11.3 Å². The van der Waals surface area contributed by atoms with E-state index in [1.807, 2.05) is 18.2 Å². The largest absolute Gasteiger partial charge is 0.378 e. The van der Waals surface area contributed by atoms with Gasteiger partial charge >= 0.3 is 6.03 Å². The van der Waals surface area contributed by atoms with Crippen molar-refractivity contribution in [3.8, 4) is 0 Å². The molecule has 7 nitrogen and oxygen atoms in total. The standard InChI is InChI=1S/C18H23N5O2/c1-23-9-8-15(17(23)13-6-4-3-5-7-13)21-18(24)22-16-10-14(11-25-2)19-12-20-16/h3-7,10,12,15,17H,8-9,11H2,1-2H3,(H2,19,20,21,22,24)/t15-,17-/m0/s1. The molecule has 0 unspecified atom stereocenters. The first kappa shape index (κ1) is 17.3. The molecule has 0 aliphatic carbocycles. The molecule has 0 spiro atoms. The van der Waals surface area contributed by atoms with E-state index >= 15 is 0 Å². The number of hydrogen-bond donors (Lipinski definition) is 2. The van der Waals surface area contributed by atoms with Gasteiger partial charge in [-0.25, -0.2) is 14.8 Å². The fraction of sp³-hybridized carbons (Fsp3) is 0.389. The summed E-state index contributed by atoms with van der Waals surface area (Å²) >= 11 is 0. The molecule has 1 aliphatic heterocycles. The molecular formula is C18H23N5O2. The Morgan fingerprint density at radius 2 is 2.12 bits per heavy atom. The summed E-state index contributed by atoms with van der Waals surface area (Å²) in [6, 6.07) is 11.9. The average molecular weight is 341 g/mol. The van der Waals surface area contributed by atoms with E-state index in [9.17, 15) is 4.79 Å². The number of urea groups is 1. The predicted molar refractivity (Wildman–Crippen MR) is 95.1 cm³/mol. The zero-order chi connectivity index (χ0) is 17.6. The van der Waals surface area contributed by atoms with Crippen LogP contribution in [0.5, 0.6) is 0 Å². The van der Waals surface area contributed by atoms with Crippen LogP contribution in [0.2, 0.25) is 0 Å². The molecule has 1 aromatic carbocycles. The number of hydrogen-bond acceptors (Lipinski definition) is 5. The number of rotatable bonds is 5. The molecule has 132 valence electrons. The zero-order valence-electron chi connectivity index (χ0n) is 14.5. The summed E-state index contributed by atoms with van der Waals surface area (Å²) in [7, 11) is 3.68. The van der Waals surface area contributed by atoms with Gasteiger partial charge in [0, 0.05) is 19.7 Å². The number of carbonyl (C=O) groups excluding carboxylic acids is 1. The molecule has 1 fully saturated rings. The van der Waals surface area contributed by atoms with Crippen molar-refractivity contribution in [3.05, 3.63) is 54.0 Å². The number of carbonyl (C=O) groups is 1. The van der Waals surface area contributed by atoms with Gasteiger partial charge in [0.15, 0.2) is 0 Å². The Hall–Kier alpha value is -2.51. The third-order valence-electron chi connectivity index (χ3n) is 4.36. The topological polar surface area (TPSA) is 79.4 Å². The fourth-order valence-corrected chi connectivity index (χ4v) is 3.25. The van der Waals surface area contributed by atoms with Gasteiger partial charge in [-0.15, -0.1) is 0 Å². The highest BCUT2D eigenvalue weighted by Crippen LogP contribution is 2.30. The van der Waals surface area contributed by atoms with Crippen LogP contribution in [0.3, 0.4) is 0 Å². The number of nitrogens with zero attached hydrogens (tertiary/aromatic N) is 3. The van der Waals surface area contributed by atoms with E-state index in [0.29, 0.717) is 12.4 Å². The number of likely N-dealkylation sites (tertiary alicyclic amines) is 1. The SMILES string of the molecule is COCc1cc(NC(=O)N[C@H]2CCN(C)[C@H]2c2ccccc2)ncn1. The monoisotopic (exact) mass is 341 g/mol. The minimum absolute atomic E-state index is 0.0488. The maximum absolute atomic E-state index is 12.4. The number of benzene rings is 1. The van der Waals surface area contributed by atoms with Crippen LogP contribution in [0.4, 0.5) is 10.6 Å². The molecule has 2 aromatic rings. The summed E-state index contributed by atoms with van der Waals surface area (Å²) in [6.07, 6.45) is 2.32. The smallest absolute Gasteiger partial charge is 0.320 e. The summed E-state index contributed by atoms with van der Waals surface area (Å²) in [5.74, 6) is 0.460. The van der Waals surface area contributed by atoms with E-state index < -0.39 is 0 Å². The van der Waals surface area contributed by atoms with Gasteiger partial charge in [-0.05, 0) is 19.0 Å². The first-order valence-electron chi connectivity index (χ1n) is 8.30. The second kappa shape index (κ2) is 8.04. The van der Waals surface area contributed by atoms with Crippen LogP contribution in [0.1, 0.15) is 23.7 Å². The maximum atomic E-state index is 12.4. The minimum Gasteiger partial charge on any atom is -0.378 e. The summed E-state index contributed by atoms with van der Waals surface area (Å²) in [5, 5.41) is 5.85. The molecule has 1 saturated heterocycles. The van der Waals surface area contributed by atoms with E-state index in [1.54, 1.807) is 13.2 Å². The molecule has 3 rings (SSSR count). The Morgan fingerprint density at radius 1 is 1.32 bits per heavy atom. The van der Waals surface area contributed by atoms with Crippen LogP contribution in [0.25, 0.3) is 0 Å². The molecule has 0 bridgehead atoms. The molecule has 0 saturated carbocycles. The molecule has 7 heteroatoms. The van der Waals surface area contributed by atoms with Crippen LogP contribution < -0.4 is 10.6 Å². The molecule has 1 aliphatic rings. The minimum atomic E-state index is -0.261. The number of methoxy groups -OCH3 is 1. The van der Waals surface area contributed by atoms with Crippen LogP contribution >= 0.6 is 0 Å². The van der Waals surface area contributed by atoms with Crippen molar-refractivity contribution in [2.45, 2.75) is 25.1 Å². The molecule has 1 aromatic heterocycles. The third kappa shape index (κ3) is 4.32. The number of nitrogens with one attached hydrogen (secondary N) is 2. The predicted octanol–water partition coefficient (Wildman–Crippen LogP) is 2.19. The quantitative estimate of drug-likeness (QED) is 0.871. The number of amides is 2. The maximum Gasteiger partial charge on any atom is 0.320 e. The van der Waals surface area contributed by atoms with Gasteiger partial charge in [-0.3, -0.25) is 10.2 Å². The Bertz CT molecular complexity index is 710. The normalized spacial score (nSPS) is 20.4. The Labute approximate surface area is 147 Å². The molecular weight excluding hydrogens is 318 g/mol. The van der Waals surface area contributed by atoms with Gasteiger partial charge < -0.3 is 10.1 Å². The first-order chi connectivity index (χ1) is 12.2. The Balaban J connectivity index is 1.65. The van der Waals surface area contributed by atoms with Crippen molar-refractivity contribution in [1.29, 1.82) is 0 Å². The van der Waals surface area contributed by atoms with Gasteiger partial charge in [0.2, 0.25) is 0 Å². The van der Waals surface area contributed by atoms with Crippen molar-refractivity contribution in [2.24, 2.45) is 0 Å². The van der Waals surface area contributed by atoms with Crippen molar-refractivity contribution in [3.63, 3.8) is 0 Å². The number of anilines is 1. The average Bonchev–Trinajstić information content (AvgIpc) is 2.96. The molecule has 2 heterocycles. The van der Waals surface area contributed by atoms with E-state index in [-0.39, 0.29) is 18.1 Å². The lowest BCUT2D eigenvalue weighted by Gasteiger charge is -2.26. The first-order valence-corrected chi connectivity index (χ1v) is 8.30. The highest BCUT2D eigenvalue weighted by Gasteiger charge is 2.33. The van der Waals surface area contributed by atoms with Crippen LogP contribution in [0.15, 0.2) is 42.7 Å². The molecule has 2 amide bonds. The lowest BCUT2D eigenvalue weighted by molar-refractivity contribution is 0.181. The van der Waals surface area contributed by atoms with Crippen molar-refractivity contribution < 1.29 is 9.53 Å². The third-order valence-corrected chi connectivity index (χ3v) is 4.36. The fourth-order valence-electron chi connectivity index (χ4n) is 3.25. The van der Waals surface area contributed by atoms with Gasteiger partial charge in [0.1, 0.15) is 12.1 Å². The van der Waals surface area contributed by atoms with E-state index in [2.05, 4.69) is 44.7 Å². The molecule has 25 heavy (non-hydrogen) atoms. The van der Waals surface area contributed by atoms with Crippen LogP contribution in [-0.4, -0.2) is 47.6 Å². The van der Waals surface area contributed by atoms with Crippen molar-refractivity contribution in [2.75, 3.05) is 26.0 Å². The Kier molecular flexibility index (Phi) is 5.57. The number of likely N-dealkylation sites (N-methyl/N-ethyl adjacent to an activating group) is 1. The number of ether oxygens (including phenoxy) is 1.